The summed E-state index contributed by atoms with van der Waals surface area (Å²) in [5.74, 6) is 0.392. The molecule has 0 fully saturated rings. The first-order valence-electron chi connectivity index (χ1n) is 7.82. The summed E-state index contributed by atoms with van der Waals surface area (Å²) in [5, 5.41) is 0. The van der Waals surface area contributed by atoms with Crippen molar-refractivity contribution in [3.05, 3.63) is 0 Å². The highest BCUT2D eigenvalue weighted by Gasteiger charge is 2.28. The molecule has 114 valence electrons. The Morgan fingerprint density at radius 1 is 1.11 bits per heavy atom. The third-order valence-corrected chi connectivity index (χ3v) is 3.84. The van der Waals surface area contributed by atoms with Gasteiger partial charge in [-0.25, -0.2) is 4.79 Å². The van der Waals surface area contributed by atoms with Gasteiger partial charge in [0.05, 0.1) is 6.61 Å². The average Bonchev–Trinajstić information content (AvgIpc) is 2.37. The summed E-state index contributed by atoms with van der Waals surface area (Å²) < 4.78 is 0. The molecule has 19 heavy (non-hydrogen) atoms. The van der Waals surface area contributed by atoms with Crippen molar-refractivity contribution in [1.82, 2.24) is 0 Å². The van der Waals surface area contributed by atoms with Crippen molar-refractivity contribution in [2.75, 3.05) is 6.61 Å². The first kappa shape index (κ1) is 18.4. The molecule has 0 N–H and O–H groups in total. The molecule has 0 rings (SSSR count). The molecule has 0 bridgehead atoms. The van der Waals surface area contributed by atoms with E-state index in [1.54, 1.807) is 0 Å². The van der Waals surface area contributed by atoms with Crippen molar-refractivity contribution in [2.24, 2.45) is 11.3 Å². The van der Waals surface area contributed by atoms with Gasteiger partial charge in [0.25, 0.3) is 0 Å². The molecule has 0 heterocycles. The summed E-state index contributed by atoms with van der Waals surface area (Å²) in [4.78, 5) is 21.6. The topological polar surface area (TPSA) is 35.5 Å². The number of carbonyl (C=O) groups excluding carboxylic acids is 1. The molecular formula is C16H32O3. The predicted molar refractivity (Wildman–Crippen MR) is 78.7 cm³/mol. The van der Waals surface area contributed by atoms with E-state index in [2.05, 4.69) is 34.6 Å². The highest BCUT2D eigenvalue weighted by molar-refractivity contribution is 5.68. The van der Waals surface area contributed by atoms with Crippen LogP contribution in [0.2, 0.25) is 0 Å². The van der Waals surface area contributed by atoms with Crippen molar-refractivity contribution >= 4 is 5.97 Å². The molecule has 0 aliphatic heterocycles. The Morgan fingerprint density at radius 3 is 2.21 bits per heavy atom. The Hall–Kier alpha value is -0.570. The Labute approximate surface area is 119 Å². The molecule has 0 aromatic heterocycles. The van der Waals surface area contributed by atoms with Crippen LogP contribution in [0.15, 0.2) is 0 Å². The fourth-order valence-corrected chi connectivity index (χ4v) is 2.45. The van der Waals surface area contributed by atoms with Crippen molar-refractivity contribution in [2.45, 2.75) is 79.6 Å². The number of hydrogen-bond donors (Lipinski definition) is 0. The molecule has 0 saturated heterocycles. The van der Waals surface area contributed by atoms with E-state index in [-0.39, 0.29) is 11.4 Å². The van der Waals surface area contributed by atoms with Crippen LogP contribution in [-0.2, 0) is 14.6 Å². The summed E-state index contributed by atoms with van der Waals surface area (Å²) in [6.45, 7) is 11.4. The summed E-state index contributed by atoms with van der Waals surface area (Å²) in [7, 11) is 0. The molecule has 0 radical (unpaired) electrons. The molecule has 3 nitrogen and oxygen atoms in total. The number of hydrogen-bond acceptors (Lipinski definition) is 3. The molecule has 0 atom stereocenters. The molecule has 0 amide bonds. The van der Waals surface area contributed by atoms with Crippen LogP contribution >= 0.6 is 0 Å². The first-order chi connectivity index (χ1) is 8.99. The lowest BCUT2D eigenvalue weighted by Crippen LogP contribution is -2.28. The highest BCUT2D eigenvalue weighted by atomic mass is 17.2. The van der Waals surface area contributed by atoms with Crippen LogP contribution in [0, 0.1) is 11.3 Å². The van der Waals surface area contributed by atoms with Crippen LogP contribution in [-0.4, -0.2) is 12.6 Å². The largest absolute Gasteiger partial charge is 0.342 e. The second-order valence-electron chi connectivity index (χ2n) is 5.98. The maximum absolute atomic E-state index is 11.5. The maximum Gasteiger partial charge on any atom is 0.342 e. The molecule has 0 aromatic carbocycles. The van der Waals surface area contributed by atoms with Gasteiger partial charge in [-0.15, -0.1) is 0 Å². The van der Waals surface area contributed by atoms with Crippen molar-refractivity contribution in [3.8, 4) is 0 Å². The van der Waals surface area contributed by atoms with E-state index < -0.39 is 0 Å². The molecule has 3 heteroatoms. The van der Waals surface area contributed by atoms with Gasteiger partial charge < -0.3 is 0 Å². The minimum Gasteiger partial charge on any atom is -0.298 e. The molecule has 0 aliphatic rings. The minimum atomic E-state index is -0.237. The van der Waals surface area contributed by atoms with Crippen LogP contribution in [0.3, 0.4) is 0 Å². The van der Waals surface area contributed by atoms with Gasteiger partial charge >= 0.3 is 5.97 Å². The Balaban J connectivity index is 4.02. The summed E-state index contributed by atoms with van der Waals surface area (Å²) in [5.41, 5.74) is 0.137. The van der Waals surface area contributed by atoms with E-state index in [1.807, 2.05) is 0 Å². The van der Waals surface area contributed by atoms with Crippen molar-refractivity contribution < 1.29 is 14.6 Å². The average molecular weight is 272 g/mol. The minimum absolute atomic E-state index is 0.137. The molecule has 0 aromatic rings. The fourth-order valence-electron chi connectivity index (χ4n) is 2.45. The van der Waals surface area contributed by atoms with E-state index in [9.17, 15) is 4.79 Å². The Kier molecular flexibility index (Phi) is 9.94. The third kappa shape index (κ3) is 8.25. The molecule has 0 spiro atoms. The highest BCUT2D eigenvalue weighted by Crippen LogP contribution is 2.34. The fraction of sp³-hybridized carbons (Fsp3) is 0.938. The lowest BCUT2D eigenvalue weighted by molar-refractivity contribution is -0.287. The van der Waals surface area contributed by atoms with E-state index in [0.29, 0.717) is 18.9 Å². The number of carbonyl (C=O) groups is 1. The maximum atomic E-state index is 11.5. The van der Waals surface area contributed by atoms with Crippen molar-refractivity contribution in [1.29, 1.82) is 0 Å². The third-order valence-electron chi connectivity index (χ3n) is 3.84. The second kappa shape index (κ2) is 10.2. The molecule has 0 unspecified atom stereocenters. The zero-order chi connectivity index (χ0) is 14.7. The summed E-state index contributed by atoms with van der Waals surface area (Å²) >= 11 is 0. The van der Waals surface area contributed by atoms with Crippen LogP contribution in [0.25, 0.3) is 0 Å². The zero-order valence-corrected chi connectivity index (χ0v) is 13.5. The van der Waals surface area contributed by atoms with Crippen molar-refractivity contribution in [3.63, 3.8) is 0 Å². The van der Waals surface area contributed by atoms with Crippen LogP contribution in [0.1, 0.15) is 79.6 Å². The molecule has 0 aliphatic carbocycles. The standard InChI is InChI=1S/C16H32O3/c1-6-9-10-11-15(17)19-18-13-16(7-2,8-3)12-14(4)5/h14H,6-13H2,1-5H3. The van der Waals surface area contributed by atoms with Gasteiger partial charge in [-0.2, -0.15) is 4.89 Å². The van der Waals surface area contributed by atoms with Crippen LogP contribution in [0.4, 0.5) is 0 Å². The summed E-state index contributed by atoms with van der Waals surface area (Å²) in [6.07, 6.45) is 6.73. The molecular weight excluding hydrogens is 240 g/mol. The second-order valence-corrected chi connectivity index (χ2v) is 5.98. The predicted octanol–water partition coefficient (Wildman–Crippen LogP) is 4.89. The Morgan fingerprint density at radius 2 is 1.74 bits per heavy atom. The lowest BCUT2D eigenvalue weighted by atomic mass is 9.76. The van der Waals surface area contributed by atoms with E-state index in [0.717, 1.165) is 38.5 Å². The number of unbranched alkanes of at least 4 members (excludes halogenated alkanes) is 2. The van der Waals surface area contributed by atoms with Gasteiger partial charge in [-0.1, -0.05) is 47.5 Å². The Bertz CT molecular complexity index is 232. The van der Waals surface area contributed by atoms with Gasteiger partial charge in [0.1, 0.15) is 0 Å². The quantitative estimate of drug-likeness (QED) is 0.305. The van der Waals surface area contributed by atoms with Gasteiger partial charge in [-0.05, 0) is 37.0 Å². The SMILES string of the molecule is CCCCCC(=O)OOCC(CC)(CC)CC(C)C. The van der Waals surface area contributed by atoms with Gasteiger partial charge in [0.2, 0.25) is 0 Å². The molecule has 0 saturated carbocycles. The van der Waals surface area contributed by atoms with Crippen LogP contribution in [0.5, 0.6) is 0 Å². The normalized spacial score (nSPS) is 11.9. The smallest absolute Gasteiger partial charge is 0.298 e. The van der Waals surface area contributed by atoms with E-state index in [4.69, 9.17) is 9.78 Å². The zero-order valence-electron chi connectivity index (χ0n) is 13.5. The number of rotatable bonds is 11. The lowest BCUT2D eigenvalue weighted by Gasteiger charge is -2.32. The van der Waals surface area contributed by atoms with E-state index >= 15 is 0 Å². The van der Waals surface area contributed by atoms with E-state index in [1.165, 1.54) is 0 Å². The monoisotopic (exact) mass is 272 g/mol. The first-order valence-corrected chi connectivity index (χ1v) is 7.82. The van der Waals surface area contributed by atoms with Crippen LogP contribution < -0.4 is 0 Å². The van der Waals surface area contributed by atoms with Gasteiger partial charge in [0.15, 0.2) is 0 Å². The van der Waals surface area contributed by atoms with Gasteiger partial charge in [0, 0.05) is 6.42 Å². The van der Waals surface area contributed by atoms with Gasteiger partial charge in [-0.3, -0.25) is 4.89 Å². The summed E-state index contributed by atoms with van der Waals surface area (Å²) in [6, 6.07) is 0.